The molecule has 0 fully saturated rings. The monoisotopic (exact) mass is 436 g/mol. The molecule has 0 unspecified atom stereocenters. The number of methoxy groups -OCH3 is 1. The molecule has 1 amide bonds. The Morgan fingerprint density at radius 3 is 2.61 bits per heavy atom. The minimum atomic E-state index is -0.459. The second-order valence-corrected chi connectivity index (χ2v) is 7.96. The van der Waals surface area contributed by atoms with Gasteiger partial charge >= 0.3 is 5.97 Å². The summed E-state index contributed by atoms with van der Waals surface area (Å²) in [5.74, 6) is -0.150. The molecule has 0 aliphatic heterocycles. The van der Waals surface area contributed by atoms with Gasteiger partial charge in [-0.05, 0) is 61.9 Å². The number of nitrogens with zero attached hydrogens (tertiary/aromatic N) is 2. The summed E-state index contributed by atoms with van der Waals surface area (Å²) < 4.78 is 10.5. The van der Waals surface area contributed by atoms with Gasteiger partial charge in [0.25, 0.3) is 5.91 Å². The van der Waals surface area contributed by atoms with Crippen molar-refractivity contribution in [3.63, 3.8) is 0 Å². The minimum absolute atomic E-state index is 0.0600. The lowest BCUT2D eigenvalue weighted by molar-refractivity contribution is 0.0472. The molecule has 2 N–H and O–H groups in total. The Kier molecular flexibility index (Phi) is 5.68. The van der Waals surface area contributed by atoms with E-state index in [2.05, 4.69) is 20.5 Å². The Morgan fingerprint density at radius 1 is 1.10 bits per heavy atom. The summed E-state index contributed by atoms with van der Waals surface area (Å²) in [7, 11) is 1.57. The number of hydrogen-bond donors (Lipinski definition) is 2. The van der Waals surface area contributed by atoms with Crippen LogP contribution < -0.4 is 10.1 Å². The molecule has 0 bridgehead atoms. The summed E-state index contributed by atoms with van der Waals surface area (Å²) in [4.78, 5) is 28.1. The van der Waals surface area contributed by atoms with Gasteiger partial charge in [0.2, 0.25) is 5.01 Å². The van der Waals surface area contributed by atoms with E-state index in [1.165, 1.54) is 0 Å². The van der Waals surface area contributed by atoms with Crippen LogP contribution in [0.2, 0.25) is 0 Å². The largest absolute Gasteiger partial charge is 0.497 e. The molecule has 31 heavy (non-hydrogen) atoms. The molecule has 2 aromatic carbocycles. The highest BCUT2D eigenvalue weighted by molar-refractivity contribution is 7.13. The summed E-state index contributed by atoms with van der Waals surface area (Å²) in [6.07, 6.45) is 0. The Bertz CT molecular complexity index is 1260. The molecule has 0 spiro atoms. The first kappa shape index (κ1) is 20.5. The van der Waals surface area contributed by atoms with E-state index in [-0.39, 0.29) is 17.5 Å². The highest BCUT2D eigenvalue weighted by atomic mass is 32.1. The fraction of sp³-hybridized carbons (Fsp3) is 0.182. The molecule has 4 rings (SSSR count). The number of hydrogen-bond acceptors (Lipinski definition) is 7. The smallest absolute Gasteiger partial charge is 0.338 e. The first-order valence-electron chi connectivity index (χ1n) is 9.48. The lowest BCUT2D eigenvalue weighted by Crippen LogP contribution is -2.11. The lowest BCUT2D eigenvalue weighted by Gasteiger charge is -2.04. The molecular weight excluding hydrogens is 416 g/mol. The molecule has 0 radical (unpaired) electrons. The van der Waals surface area contributed by atoms with Crippen LogP contribution in [0.5, 0.6) is 5.75 Å². The van der Waals surface area contributed by atoms with Crippen LogP contribution in [0.4, 0.5) is 5.69 Å². The molecule has 158 valence electrons. The van der Waals surface area contributed by atoms with Gasteiger partial charge in [-0.2, -0.15) is 0 Å². The van der Waals surface area contributed by atoms with E-state index >= 15 is 0 Å². The van der Waals surface area contributed by atoms with Gasteiger partial charge in [-0.1, -0.05) is 11.3 Å². The third-order valence-corrected chi connectivity index (χ3v) is 5.78. The average Bonchev–Trinajstić information content (AvgIpc) is 3.37. The van der Waals surface area contributed by atoms with Crippen molar-refractivity contribution >= 4 is 39.8 Å². The van der Waals surface area contributed by atoms with Crippen LogP contribution in [0.3, 0.4) is 0 Å². The Labute approximate surface area is 182 Å². The maximum absolute atomic E-state index is 12.4. The second-order valence-electron chi connectivity index (χ2n) is 6.90. The number of nitrogens with one attached hydrogen (secondary N) is 2. The van der Waals surface area contributed by atoms with Crippen molar-refractivity contribution in [2.24, 2.45) is 0 Å². The van der Waals surface area contributed by atoms with Crippen LogP contribution in [0.15, 0.2) is 42.5 Å². The van der Waals surface area contributed by atoms with Crippen LogP contribution in [0, 0.1) is 13.8 Å². The molecule has 0 atom stereocenters. The average molecular weight is 436 g/mol. The number of fused-ring (bicyclic) bond motifs is 1. The molecule has 2 heterocycles. The van der Waals surface area contributed by atoms with Crippen molar-refractivity contribution in [1.29, 1.82) is 0 Å². The predicted molar refractivity (Wildman–Crippen MR) is 118 cm³/mol. The predicted octanol–water partition coefficient (Wildman–Crippen LogP) is 4.25. The van der Waals surface area contributed by atoms with Gasteiger partial charge in [-0.15, -0.1) is 10.2 Å². The maximum atomic E-state index is 12.4. The van der Waals surface area contributed by atoms with Crippen LogP contribution in [0.1, 0.15) is 36.4 Å². The molecule has 9 heteroatoms. The highest BCUT2D eigenvalue weighted by Gasteiger charge is 2.16. The minimum Gasteiger partial charge on any atom is -0.497 e. The third-order valence-electron chi connectivity index (χ3n) is 4.88. The van der Waals surface area contributed by atoms with Crippen molar-refractivity contribution in [3.05, 3.63) is 69.3 Å². The van der Waals surface area contributed by atoms with E-state index in [9.17, 15) is 9.59 Å². The molecule has 0 saturated heterocycles. The first-order valence-corrected chi connectivity index (χ1v) is 10.3. The van der Waals surface area contributed by atoms with Crippen molar-refractivity contribution < 1.29 is 19.1 Å². The molecule has 0 aliphatic carbocycles. The molecule has 2 aromatic heterocycles. The maximum Gasteiger partial charge on any atom is 0.338 e. The van der Waals surface area contributed by atoms with Crippen LogP contribution >= 0.6 is 11.3 Å². The number of aromatic nitrogens is 3. The SMILES string of the molecule is COc1ccc(NC(=O)c2nnc(COC(=O)c3ccc4[nH]c(C)c(C)c4c3)s2)cc1. The summed E-state index contributed by atoms with van der Waals surface area (Å²) in [5, 5.41) is 12.2. The zero-order valence-corrected chi connectivity index (χ0v) is 18.0. The van der Waals surface area contributed by atoms with E-state index in [0.717, 1.165) is 33.5 Å². The van der Waals surface area contributed by atoms with Crippen molar-refractivity contribution in [2.75, 3.05) is 12.4 Å². The number of aryl methyl sites for hydroxylation is 2. The molecule has 8 nitrogen and oxygen atoms in total. The Morgan fingerprint density at radius 2 is 1.87 bits per heavy atom. The zero-order chi connectivity index (χ0) is 22.0. The number of carbonyl (C=O) groups is 2. The van der Waals surface area contributed by atoms with Gasteiger partial charge < -0.3 is 19.8 Å². The first-order chi connectivity index (χ1) is 14.9. The van der Waals surface area contributed by atoms with E-state index in [1.807, 2.05) is 26.0 Å². The summed E-state index contributed by atoms with van der Waals surface area (Å²) in [6, 6.07) is 12.3. The van der Waals surface area contributed by atoms with Gasteiger partial charge in [-0.25, -0.2) is 4.79 Å². The molecule has 4 aromatic rings. The standard InChI is InChI=1S/C22H20N4O4S/c1-12-13(2)23-18-9-4-14(10-17(12)18)22(28)30-11-19-25-26-21(31-19)20(27)24-15-5-7-16(29-3)8-6-15/h4-10,23H,11H2,1-3H3,(H,24,27). The van der Waals surface area contributed by atoms with Gasteiger partial charge in [0.15, 0.2) is 5.01 Å². The Balaban J connectivity index is 1.37. The van der Waals surface area contributed by atoms with Gasteiger partial charge in [-0.3, -0.25) is 4.79 Å². The fourth-order valence-corrected chi connectivity index (χ4v) is 3.71. The zero-order valence-electron chi connectivity index (χ0n) is 17.2. The number of carbonyl (C=O) groups excluding carboxylic acids is 2. The number of anilines is 1. The van der Waals surface area contributed by atoms with Gasteiger partial charge in [0.1, 0.15) is 12.4 Å². The summed E-state index contributed by atoms with van der Waals surface area (Å²) in [6.45, 7) is 3.93. The highest BCUT2D eigenvalue weighted by Crippen LogP contribution is 2.23. The Hall–Kier alpha value is -3.72. The van der Waals surface area contributed by atoms with E-state index in [1.54, 1.807) is 37.4 Å². The van der Waals surface area contributed by atoms with Crippen molar-refractivity contribution in [2.45, 2.75) is 20.5 Å². The van der Waals surface area contributed by atoms with Crippen molar-refractivity contribution in [3.8, 4) is 5.75 Å². The fourth-order valence-electron chi connectivity index (χ4n) is 3.06. The quantitative estimate of drug-likeness (QED) is 0.438. The number of benzene rings is 2. The summed E-state index contributed by atoms with van der Waals surface area (Å²) in [5.41, 5.74) is 4.20. The normalized spacial score (nSPS) is 10.8. The number of H-pyrrole nitrogens is 1. The topological polar surface area (TPSA) is 106 Å². The van der Waals surface area contributed by atoms with E-state index < -0.39 is 5.97 Å². The van der Waals surface area contributed by atoms with Crippen LogP contribution in [-0.2, 0) is 11.3 Å². The number of ether oxygens (including phenoxy) is 2. The number of esters is 1. The summed E-state index contributed by atoms with van der Waals surface area (Å²) >= 11 is 1.07. The van der Waals surface area contributed by atoms with Gasteiger partial charge in [0, 0.05) is 22.3 Å². The second kappa shape index (κ2) is 8.57. The third kappa shape index (κ3) is 4.41. The molecule has 0 saturated carbocycles. The number of aromatic amines is 1. The van der Waals surface area contributed by atoms with Crippen LogP contribution in [0.25, 0.3) is 10.9 Å². The van der Waals surface area contributed by atoms with Crippen LogP contribution in [-0.4, -0.2) is 34.2 Å². The van der Waals surface area contributed by atoms with Gasteiger partial charge in [0.05, 0.1) is 12.7 Å². The number of amides is 1. The van der Waals surface area contributed by atoms with E-state index in [0.29, 0.717) is 22.0 Å². The molecular formula is C22H20N4O4S. The lowest BCUT2D eigenvalue weighted by atomic mass is 10.1. The molecule has 0 aliphatic rings. The number of rotatable bonds is 6. The van der Waals surface area contributed by atoms with Crippen molar-refractivity contribution in [1.82, 2.24) is 15.2 Å². The van der Waals surface area contributed by atoms with E-state index in [4.69, 9.17) is 9.47 Å².